The van der Waals surface area contributed by atoms with Crippen LogP contribution in [-0.2, 0) is 11.3 Å². The molecule has 0 aliphatic carbocycles. The second kappa shape index (κ2) is 10.8. The lowest BCUT2D eigenvalue weighted by Crippen LogP contribution is -2.46. The number of rotatable bonds is 7. The second-order valence-electron chi connectivity index (χ2n) is 7.23. The van der Waals surface area contributed by atoms with Crippen LogP contribution in [0.15, 0.2) is 53.5 Å². The van der Waals surface area contributed by atoms with Crippen molar-refractivity contribution in [1.82, 2.24) is 15.5 Å². The van der Waals surface area contributed by atoms with Crippen molar-refractivity contribution in [3.8, 4) is 5.75 Å². The summed E-state index contributed by atoms with van der Waals surface area (Å²) < 4.78 is 10.8. The van der Waals surface area contributed by atoms with Gasteiger partial charge < -0.3 is 20.1 Å². The number of hydrogen-bond donors (Lipinski definition) is 2. The zero-order valence-electron chi connectivity index (χ0n) is 17.6. The molecule has 3 rings (SSSR count). The maximum absolute atomic E-state index is 5.55. The first-order chi connectivity index (χ1) is 14.2. The van der Waals surface area contributed by atoms with Crippen molar-refractivity contribution >= 4 is 5.96 Å². The Morgan fingerprint density at radius 3 is 2.38 bits per heavy atom. The highest BCUT2D eigenvalue weighted by Gasteiger charge is 2.22. The molecule has 0 saturated carbocycles. The molecular formula is C23H32N4O2. The molecule has 0 radical (unpaired) electrons. The largest absolute Gasteiger partial charge is 0.497 e. The van der Waals surface area contributed by atoms with Gasteiger partial charge in [-0.2, -0.15) is 0 Å². The van der Waals surface area contributed by atoms with Gasteiger partial charge in [-0.1, -0.05) is 42.0 Å². The van der Waals surface area contributed by atoms with Crippen LogP contribution in [0.5, 0.6) is 5.75 Å². The Balaban J connectivity index is 1.60. The van der Waals surface area contributed by atoms with Crippen molar-refractivity contribution < 1.29 is 9.47 Å². The van der Waals surface area contributed by atoms with Gasteiger partial charge >= 0.3 is 0 Å². The summed E-state index contributed by atoms with van der Waals surface area (Å²) in [5, 5.41) is 6.90. The first kappa shape index (κ1) is 21.1. The normalized spacial score (nSPS) is 16.3. The summed E-state index contributed by atoms with van der Waals surface area (Å²) in [6.07, 6.45) is 0. The lowest BCUT2D eigenvalue weighted by Gasteiger charge is -2.35. The molecule has 1 fully saturated rings. The first-order valence-electron chi connectivity index (χ1n) is 10.2. The summed E-state index contributed by atoms with van der Waals surface area (Å²) in [5.74, 6) is 1.66. The number of morpholine rings is 1. The molecule has 29 heavy (non-hydrogen) atoms. The molecule has 1 saturated heterocycles. The van der Waals surface area contributed by atoms with Crippen molar-refractivity contribution in [1.29, 1.82) is 0 Å². The van der Waals surface area contributed by atoms with Crippen molar-refractivity contribution in [3.05, 3.63) is 65.2 Å². The fourth-order valence-electron chi connectivity index (χ4n) is 3.48. The van der Waals surface area contributed by atoms with Gasteiger partial charge in [-0.15, -0.1) is 0 Å². The zero-order chi connectivity index (χ0) is 20.5. The summed E-state index contributed by atoms with van der Waals surface area (Å²) >= 11 is 0. The van der Waals surface area contributed by atoms with Crippen LogP contribution in [0.3, 0.4) is 0 Å². The Morgan fingerprint density at radius 1 is 1.07 bits per heavy atom. The fraction of sp³-hybridized carbons (Fsp3) is 0.435. The van der Waals surface area contributed by atoms with Crippen molar-refractivity contribution in [2.24, 2.45) is 4.99 Å². The summed E-state index contributed by atoms with van der Waals surface area (Å²) in [5.41, 5.74) is 3.77. The molecule has 0 aromatic heterocycles. The molecule has 1 aliphatic rings. The number of methoxy groups -OCH3 is 1. The SMILES string of the molecule is CN=C(NCc1ccc(OC)cc1)NCC(c1ccc(C)cc1)N1CCOCC1. The van der Waals surface area contributed by atoms with Crippen LogP contribution in [0.2, 0.25) is 0 Å². The maximum Gasteiger partial charge on any atom is 0.191 e. The van der Waals surface area contributed by atoms with Crippen LogP contribution < -0.4 is 15.4 Å². The van der Waals surface area contributed by atoms with E-state index in [0.29, 0.717) is 6.54 Å². The highest BCUT2D eigenvalue weighted by Crippen LogP contribution is 2.21. The Kier molecular flexibility index (Phi) is 7.90. The van der Waals surface area contributed by atoms with E-state index in [0.717, 1.165) is 44.6 Å². The molecule has 2 aromatic rings. The van der Waals surface area contributed by atoms with E-state index < -0.39 is 0 Å². The van der Waals surface area contributed by atoms with Crippen LogP contribution in [0, 0.1) is 6.92 Å². The number of guanidine groups is 1. The van der Waals surface area contributed by atoms with Crippen LogP contribution in [0.25, 0.3) is 0 Å². The number of nitrogens with one attached hydrogen (secondary N) is 2. The summed E-state index contributed by atoms with van der Waals surface area (Å²) in [4.78, 5) is 6.87. The molecule has 156 valence electrons. The maximum atomic E-state index is 5.55. The molecule has 1 atom stereocenters. The molecule has 6 heteroatoms. The first-order valence-corrected chi connectivity index (χ1v) is 10.2. The molecule has 2 aromatic carbocycles. The zero-order valence-corrected chi connectivity index (χ0v) is 17.6. The number of nitrogens with zero attached hydrogens (tertiary/aromatic N) is 2. The summed E-state index contributed by atoms with van der Waals surface area (Å²) in [6.45, 7) is 7.06. The number of aliphatic imine (C=N–C) groups is 1. The van der Waals surface area contributed by atoms with E-state index in [2.05, 4.69) is 63.8 Å². The highest BCUT2D eigenvalue weighted by molar-refractivity contribution is 5.79. The van der Waals surface area contributed by atoms with E-state index in [1.807, 2.05) is 12.1 Å². The molecule has 2 N–H and O–H groups in total. The number of aryl methyl sites for hydroxylation is 1. The van der Waals surface area contributed by atoms with E-state index in [-0.39, 0.29) is 6.04 Å². The average Bonchev–Trinajstić information content (AvgIpc) is 2.78. The van der Waals surface area contributed by atoms with Gasteiger partial charge in [0.15, 0.2) is 5.96 Å². The Bertz CT molecular complexity index is 768. The Morgan fingerprint density at radius 2 is 1.76 bits per heavy atom. The minimum atomic E-state index is 0.277. The minimum absolute atomic E-state index is 0.277. The molecule has 1 unspecified atom stereocenters. The van der Waals surface area contributed by atoms with Crippen LogP contribution in [-0.4, -0.2) is 57.9 Å². The molecule has 1 aliphatic heterocycles. The lowest BCUT2D eigenvalue weighted by atomic mass is 10.0. The van der Waals surface area contributed by atoms with E-state index in [9.17, 15) is 0 Å². The molecule has 0 bridgehead atoms. The predicted octanol–water partition coefficient (Wildman–Crippen LogP) is 2.74. The lowest BCUT2D eigenvalue weighted by molar-refractivity contribution is 0.0170. The molecule has 6 nitrogen and oxygen atoms in total. The van der Waals surface area contributed by atoms with Gasteiger partial charge in [0.2, 0.25) is 0 Å². The fourth-order valence-corrected chi connectivity index (χ4v) is 3.48. The number of benzene rings is 2. The van der Waals surface area contributed by atoms with Gasteiger partial charge in [-0.05, 0) is 30.2 Å². The average molecular weight is 397 g/mol. The summed E-state index contributed by atoms with van der Waals surface area (Å²) in [6, 6.07) is 17.1. The van der Waals surface area contributed by atoms with Gasteiger partial charge in [0, 0.05) is 33.2 Å². The van der Waals surface area contributed by atoms with Gasteiger partial charge in [0.1, 0.15) is 5.75 Å². The van der Waals surface area contributed by atoms with Gasteiger partial charge in [-0.3, -0.25) is 9.89 Å². The number of ether oxygens (including phenoxy) is 2. The predicted molar refractivity (Wildman–Crippen MR) is 118 cm³/mol. The highest BCUT2D eigenvalue weighted by atomic mass is 16.5. The van der Waals surface area contributed by atoms with E-state index >= 15 is 0 Å². The third-order valence-corrected chi connectivity index (χ3v) is 5.25. The Labute approximate surface area is 173 Å². The van der Waals surface area contributed by atoms with Crippen LogP contribution >= 0.6 is 0 Å². The van der Waals surface area contributed by atoms with E-state index in [4.69, 9.17) is 9.47 Å². The van der Waals surface area contributed by atoms with Crippen molar-refractivity contribution in [3.63, 3.8) is 0 Å². The van der Waals surface area contributed by atoms with Gasteiger partial charge in [0.25, 0.3) is 0 Å². The quantitative estimate of drug-likeness (QED) is 0.557. The van der Waals surface area contributed by atoms with Crippen molar-refractivity contribution in [2.75, 3.05) is 47.0 Å². The van der Waals surface area contributed by atoms with Crippen LogP contribution in [0.4, 0.5) is 0 Å². The van der Waals surface area contributed by atoms with Crippen LogP contribution in [0.1, 0.15) is 22.7 Å². The smallest absolute Gasteiger partial charge is 0.191 e. The second-order valence-corrected chi connectivity index (χ2v) is 7.23. The summed E-state index contributed by atoms with van der Waals surface area (Å²) in [7, 11) is 3.48. The molecule has 1 heterocycles. The number of hydrogen-bond acceptors (Lipinski definition) is 4. The van der Waals surface area contributed by atoms with Crippen molar-refractivity contribution in [2.45, 2.75) is 19.5 Å². The molecule has 0 amide bonds. The molecular weight excluding hydrogens is 364 g/mol. The third kappa shape index (κ3) is 6.21. The standard InChI is InChI=1S/C23H32N4O2/c1-18-4-8-20(9-5-18)22(27-12-14-29-15-13-27)17-26-23(24-2)25-16-19-6-10-21(28-3)11-7-19/h4-11,22H,12-17H2,1-3H3,(H2,24,25,26). The topological polar surface area (TPSA) is 58.1 Å². The van der Waals surface area contributed by atoms with E-state index in [1.165, 1.54) is 16.7 Å². The third-order valence-electron chi connectivity index (χ3n) is 5.25. The van der Waals surface area contributed by atoms with Gasteiger partial charge in [-0.25, -0.2) is 0 Å². The van der Waals surface area contributed by atoms with E-state index in [1.54, 1.807) is 14.2 Å². The monoisotopic (exact) mass is 396 g/mol. The Hall–Kier alpha value is -2.57. The van der Waals surface area contributed by atoms with Gasteiger partial charge in [0.05, 0.1) is 26.4 Å². The molecule has 0 spiro atoms. The minimum Gasteiger partial charge on any atom is -0.497 e.